The highest BCUT2D eigenvalue weighted by molar-refractivity contribution is 9.10. The highest BCUT2D eigenvalue weighted by Crippen LogP contribution is 2.27. The zero-order valence-corrected chi connectivity index (χ0v) is 21.3. The van der Waals surface area contributed by atoms with E-state index in [9.17, 15) is 18.8 Å². The maximum Gasteiger partial charge on any atom is 0.269 e. The molecular formula is C25H20BrFN4O4S. The number of ether oxygens (including phenoxy) is 1. The van der Waals surface area contributed by atoms with E-state index in [-0.39, 0.29) is 11.5 Å². The lowest BCUT2D eigenvalue weighted by Crippen LogP contribution is -2.49. The quantitative estimate of drug-likeness (QED) is 0.412. The highest BCUT2D eigenvalue weighted by atomic mass is 79.9. The van der Waals surface area contributed by atoms with Crippen LogP contribution in [-0.4, -0.2) is 41.0 Å². The average molecular weight is 571 g/mol. The van der Waals surface area contributed by atoms with Crippen LogP contribution in [0.5, 0.6) is 5.75 Å². The number of nitrogens with one attached hydrogen (secondary N) is 2. The summed E-state index contributed by atoms with van der Waals surface area (Å²) < 4.78 is 19.4. The third kappa shape index (κ3) is 5.52. The number of carbonyl (C=O) groups is 3. The average Bonchev–Trinajstić information content (AvgIpc) is 3.09. The van der Waals surface area contributed by atoms with Crippen LogP contribution in [0.2, 0.25) is 0 Å². The molecule has 1 saturated heterocycles. The van der Waals surface area contributed by atoms with E-state index in [2.05, 4.69) is 26.7 Å². The number of methoxy groups -OCH3 is 1. The molecule has 3 aromatic rings. The second-order valence-corrected chi connectivity index (χ2v) is 9.03. The molecule has 1 fully saturated rings. The van der Waals surface area contributed by atoms with Gasteiger partial charge in [-0.15, -0.1) is 0 Å². The summed E-state index contributed by atoms with van der Waals surface area (Å²) in [7, 11) is 1.51. The van der Waals surface area contributed by atoms with Gasteiger partial charge in [0, 0.05) is 21.8 Å². The van der Waals surface area contributed by atoms with Gasteiger partial charge in [0.1, 0.15) is 17.6 Å². The van der Waals surface area contributed by atoms with Crippen molar-refractivity contribution in [3.8, 4) is 5.75 Å². The van der Waals surface area contributed by atoms with Gasteiger partial charge >= 0.3 is 0 Å². The zero-order valence-electron chi connectivity index (χ0n) is 18.9. The van der Waals surface area contributed by atoms with Crippen LogP contribution in [0.1, 0.15) is 16.8 Å². The van der Waals surface area contributed by atoms with Crippen molar-refractivity contribution >= 4 is 62.4 Å². The Kier molecular flexibility index (Phi) is 7.61. The number of hydrazine groups is 1. The van der Waals surface area contributed by atoms with Gasteiger partial charge in [0.2, 0.25) is 11.0 Å². The molecule has 3 amide bonds. The Morgan fingerprint density at radius 1 is 1.08 bits per heavy atom. The molecule has 11 heteroatoms. The van der Waals surface area contributed by atoms with Gasteiger partial charge in [0.05, 0.1) is 19.2 Å². The maximum atomic E-state index is 13.5. The molecule has 0 bridgehead atoms. The molecule has 0 spiro atoms. The SMILES string of the molecule is COc1cccc(NC(=O)CC2C(=O)N(c3ccc(F)cc3)C(=S)N2NC(=O)c2ccc(Br)cc2)c1. The first-order chi connectivity index (χ1) is 17.3. The molecule has 1 heterocycles. The molecular weight excluding hydrogens is 551 g/mol. The fourth-order valence-corrected chi connectivity index (χ4v) is 4.22. The molecule has 3 aromatic carbocycles. The molecule has 36 heavy (non-hydrogen) atoms. The largest absolute Gasteiger partial charge is 0.497 e. The number of anilines is 2. The number of benzene rings is 3. The van der Waals surface area contributed by atoms with Crippen molar-refractivity contribution in [3.05, 3.63) is 88.6 Å². The lowest BCUT2D eigenvalue weighted by molar-refractivity contribution is -0.124. The van der Waals surface area contributed by atoms with Gasteiger partial charge in [-0.3, -0.25) is 24.7 Å². The van der Waals surface area contributed by atoms with Crippen molar-refractivity contribution in [2.24, 2.45) is 0 Å². The maximum absolute atomic E-state index is 13.5. The minimum absolute atomic E-state index is 0.0451. The molecule has 0 aromatic heterocycles. The van der Waals surface area contributed by atoms with Crippen LogP contribution in [0, 0.1) is 5.82 Å². The van der Waals surface area contributed by atoms with Crippen LogP contribution in [0.25, 0.3) is 0 Å². The van der Waals surface area contributed by atoms with Crippen molar-refractivity contribution in [2.75, 3.05) is 17.3 Å². The molecule has 184 valence electrons. The van der Waals surface area contributed by atoms with Crippen LogP contribution in [0.4, 0.5) is 15.8 Å². The fraction of sp³-hybridized carbons (Fsp3) is 0.120. The molecule has 1 atom stereocenters. The summed E-state index contributed by atoms with van der Waals surface area (Å²) in [5.74, 6) is -1.46. The molecule has 0 saturated carbocycles. The van der Waals surface area contributed by atoms with E-state index >= 15 is 0 Å². The first-order valence-electron chi connectivity index (χ1n) is 10.7. The van der Waals surface area contributed by atoms with E-state index in [1.54, 1.807) is 48.5 Å². The van der Waals surface area contributed by atoms with Crippen molar-refractivity contribution in [1.82, 2.24) is 10.4 Å². The van der Waals surface area contributed by atoms with Crippen molar-refractivity contribution in [3.63, 3.8) is 0 Å². The first kappa shape index (κ1) is 25.3. The molecule has 4 rings (SSSR count). The smallest absolute Gasteiger partial charge is 0.269 e. The van der Waals surface area contributed by atoms with Crippen LogP contribution in [0.15, 0.2) is 77.3 Å². The van der Waals surface area contributed by atoms with E-state index in [1.165, 1.54) is 41.3 Å². The second kappa shape index (κ2) is 10.8. The summed E-state index contributed by atoms with van der Waals surface area (Å²) in [6.45, 7) is 0. The summed E-state index contributed by atoms with van der Waals surface area (Å²) >= 11 is 8.82. The van der Waals surface area contributed by atoms with Gasteiger partial charge in [-0.25, -0.2) is 9.40 Å². The van der Waals surface area contributed by atoms with Crippen molar-refractivity contribution in [1.29, 1.82) is 0 Å². The number of rotatable bonds is 7. The molecule has 1 aliphatic heterocycles. The number of amides is 3. The van der Waals surface area contributed by atoms with Gasteiger partial charge in [-0.1, -0.05) is 22.0 Å². The molecule has 1 aliphatic rings. The minimum Gasteiger partial charge on any atom is -0.497 e. The second-order valence-electron chi connectivity index (χ2n) is 7.75. The van der Waals surface area contributed by atoms with Crippen LogP contribution in [-0.2, 0) is 9.59 Å². The van der Waals surface area contributed by atoms with E-state index in [1.807, 2.05) is 0 Å². The van der Waals surface area contributed by atoms with E-state index in [0.29, 0.717) is 22.7 Å². The monoisotopic (exact) mass is 570 g/mol. The van der Waals surface area contributed by atoms with E-state index < -0.39 is 29.6 Å². The third-order valence-corrected chi connectivity index (χ3v) is 6.27. The molecule has 0 aliphatic carbocycles. The summed E-state index contributed by atoms with van der Waals surface area (Å²) in [4.78, 5) is 40.4. The predicted octanol–water partition coefficient (Wildman–Crippen LogP) is 4.27. The standard InChI is InChI=1S/C25H20BrFN4O4S/c1-35-20-4-2-3-18(13-20)28-22(32)14-21-24(34)30(19-11-9-17(27)10-12-19)25(36)31(21)29-23(33)15-5-7-16(26)8-6-15/h2-13,21H,14H2,1H3,(H,28,32)(H,29,33). The fourth-order valence-electron chi connectivity index (χ4n) is 3.59. The lowest BCUT2D eigenvalue weighted by atomic mass is 10.1. The topological polar surface area (TPSA) is 91.0 Å². The summed E-state index contributed by atoms with van der Waals surface area (Å²) in [6, 6.07) is 17.4. The number of carbonyl (C=O) groups excluding carboxylic acids is 3. The Hall–Kier alpha value is -3.83. The van der Waals surface area contributed by atoms with E-state index in [4.69, 9.17) is 17.0 Å². The first-order valence-corrected chi connectivity index (χ1v) is 11.9. The molecule has 1 unspecified atom stereocenters. The lowest BCUT2D eigenvalue weighted by Gasteiger charge is -2.24. The number of hydrogen-bond acceptors (Lipinski definition) is 5. The minimum atomic E-state index is -1.13. The van der Waals surface area contributed by atoms with Crippen LogP contribution >= 0.6 is 28.1 Å². The Morgan fingerprint density at radius 2 is 1.78 bits per heavy atom. The van der Waals surface area contributed by atoms with Gasteiger partial charge in [0.15, 0.2) is 0 Å². The van der Waals surface area contributed by atoms with Crippen LogP contribution < -0.4 is 20.4 Å². The Balaban J connectivity index is 1.59. The molecule has 2 N–H and O–H groups in total. The Labute approximate surface area is 220 Å². The number of hydrogen-bond donors (Lipinski definition) is 2. The molecule has 0 radical (unpaired) electrons. The Morgan fingerprint density at radius 3 is 2.44 bits per heavy atom. The molecule has 8 nitrogen and oxygen atoms in total. The summed E-state index contributed by atoms with van der Waals surface area (Å²) in [5.41, 5.74) is 3.76. The normalized spacial score (nSPS) is 15.1. The van der Waals surface area contributed by atoms with Gasteiger partial charge < -0.3 is 10.1 Å². The number of halogens is 2. The van der Waals surface area contributed by atoms with Gasteiger partial charge in [-0.2, -0.15) is 0 Å². The Bertz CT molecular complexity index is 1320. The van der Waals surface area contributed by atoms with Gasteiger partial charge in [-0.05, 0) is 72.9 Å². The van der Waals surface area contributed by atoms with Gasteiger partial charge in [0.25, 0.3) is 11.8 Å². The summed E-state index contributed by atoms with van der Waals surface area (Å²) in [6.07, 6.45) is -0.311. The number of nitrogens with zero attached hydrogens (tertiary/aromatic N) is 2. The predicted molar refractivity (Wildman–Crippen MR) is 140 cm³/mol. The van der Waals surface area contributed by atoms with Crippen molar-refractivity contribution in [2.45, 2.75) is 12.5 Å². The summed E-state index contributed by atoms with van der Waals surface area (Å²) in [5, 5.41) is 3.87. The van der Waals surface area contributed by atoms with E-state index in [0.717, 1.165) is 4.47 Å². The third-order valence-electron chi connectivity index (χ3n) is 5.36. The number of thiocarbonyl (C=S) groups is 1. The zero-order chi connectivity index (χ0) is 25.8. The van der Waals surface area contributed by atoms with Crippen LogP contribution in [0.3, 0.4) is 0 Å². The highest BCUT2D eigenvalue weighted by Gasteiger charge is 2.45. The van der Waals surface area contributed by atoms with Crippen molar-refractivity contribution < 1.29 is 23.5 Å².